The van der Waals surface area contributed by atoms with Gasteiger partial charge in [0, 0.05) is 37.1 Å². The Morgan fingerprint density at radius 2 is 1.32 bits per heavy atom. The molecule has 1 amide bonds. The van der Waals surface area contributed by atoms with Crippen LogP contribution in [0.15, 0.2) is 114 Å². The zero-order valence-electron chi connectivity index (χ0n) is 20.8. The highest BCUT2D eigenvalue weighted by Crippen LogP contribution is 2.31. The average molecular weight is 556 g/mol. The Hall–Kier alpha value is -3.41. The number of hydrogen-bond donors (Lipinski definition) is 0. The molecule has 1 aliphatic rings. The summed E-state index contributed by atoms with van der Waals surface area (Å²) in [4.78, 5) is 18.1. The van der Waals surface area contributed by atoms with Crippen LogP contribution in [0.25, 0.3) is 0 Å². The molecule has 0 bridgehead atoms. The Morgan fingerprint density at radius 3 is 1.92 bits per heavy atom. The molecule has 0 unspecified atom stereocenters. The summed E-state index contributed by atoms with van der Waals surface area (Å²) in [5.41, 5.74) is 4.37. The summed E-state index contributed by atoms with van der Waals surface area (Å²) in [6, 6.07) is 37.4. The van der Waals surface area contributed by atoms with Crippen LogP contribution in [0.3, 0.4) is 0 Å². The van der Waals surface area contributed by atoms with Crippen molar-refractivity contribution >= 4 is 21.8 Å². The second kappa shape index (κ2) is 12.2. The van der Waals surface area contributed by atoms with Gasteiger partial charge in [-0.2, -0.15) is 0 Å². The minimum Gasteiger partial charge on any atom is -0.492 e. The molecule has 1 aliphatic heterocycles. The van der Waals surface area contributed by atoms with Crippen molar-refractivity contribution in [1.82, 2.24) is 9.80 Å². The third kappa shape index (κ3) is 6.30. The summed E-state index contributed by atoms with van der Waals surface area (Å²) in [5.74, 6) is 0.657. The molecule has 188 valence electrons. The highest BCUT2D eigenvalue weighted by molar-refractivity contribution is 9.10. The number of hydrogen-bond acceptors (Lipinski definition) is 3. The summed E-state index contributed by atoms with van der Waals surface area (Å²) in [5, 5.41) is 0. The molecule has 1 fully saturated rings. The van der Waals surface area contributed by atoms with Crippen molar-refractivity contribution in [3.05, 3.63) is 136 Å². The molecule has 0 saturated carbocycles. The minimum absolute atomic E-state index is 0.0200. The lowest BCUT2D eigenvalue weighted by atomic mass is 9.96. The SMILES string of the molecule is O=C(c1cc(Br)ccc1OCCc1ccccc1)N1CCN(C(c2ccccc2)c2ccccc2)CC1. The largest absolute Gasteiger partial charge is 0.492 e. The molecule has 4 nitrogen and oxygen atoms in total. The van der Waals surface area contributed by atoms with Gasteiger partial charge in [0.25, 0.3) is 5.91 Å². The zero-order chi connectivity index (χ0) is 25.5. The molecule has 0 radical (unpaired) electrons. The number of rotatable bonds is 8. The van der Waals surface area contributed by atoms with E-state index in [2.05, 4.69) is 93.6 Å². The van der Waals surface area contributed by atoms with E-state index in [1.54, 1.807) is 0 Å². The smallest absolute Gasteiger partial charge is 0.257 e. The number of halogens is 1. The monoisotopic (exact) mass is 554 g/mol. The van der Waals surface area contributed by atoms with Crippen LogP contribution in [0.1, 0.15) is 33.1 Å². The fraction of sp³-hybridized carbons (Fsp3) is 0.219. The highest BCUT2D eigenvalue weighted by atomic mass is 79.9. The fourth-order valence-corrected chi connectivity index (χ4v) is 5.32. The Labute approximate surface area is 227 Å². The Bertz CT molecular complexity index is 1250. The van der Waals surface area contributed by atoms with E-state index in [0.29, 0.717) is 31.0 Å². The van der Waals surface area contributed by atoms with Crippen LogP contribution >= 0.6 is 15.9 Å². The van der Waals surface area contributed by atoms with E-state index in [1.165, 1.54) is 16.7 Å². The molecule has 37 heavy (non-hydrogen) atoms. The summed E-state index contributed by atoms with van der Waals surface area (Å²) < 4.78 is 6.98. The van der Waals surface area contributed by atoms with Crippen molar-refractivity contribution < 1.29 is 9.53 Å². The summed E-state index contributed by atoms with van der Waals surface area (Å²) in [6.45, 7) is 3.47. The molecule has 5 heteroatoms. The van der Waals surface area contributed by atoms with Crippen molar-refractivity contribution in [2.45, 2.75) is 12.5 Å². The van der Waals surface area contributed by atoms with E-state index in [-0.39, 0.29) is 11.9 Å². The highest BCUT2D eigenvalue weighted by Gasteiger charge is 2.29. The van der Waals surface area contributed by atoms with Gasteiger partial charge in [-0.05, 0) is 34.9 Å². The lowest BCUT2D eigenvalue weighted by Crippen LogP contribution is -2.50. The average Bonchev–Trinajstić information content (AvgIpc) is 2.96. The van der Waals surface area contributed by atoms with Gasteiger partial charge in [0.2, 0.25) is 0 Å². The molecular formula is C32H31BrN2O2. The van der Waals surface area contributed by atoms with Gasteiger partial charge in [-0.3, -0.25) is 9.69 Å². The van der Waals surface area contributed by atoms with Crippen LogP contribution in [0.4, 0.5) is 0 Å². The van der Waals surface area contributed by atoms with Crippen LogP contribution in [0.2, 0.25) is 0 Å². The minimum atomic E-state index is 0.0200. The molecule has 5 rings (SSSR count). The molecule has 0 spiro atoms. The van der Waals surface area contributed by atoms with E-state index in [9.17, 15) is 4.79 Å². The molecule has 1 saturated heterocycles. The lowest BCUT2D eigenvalue weighted by Gasteiger charge is -2.40. The van der Waals surface area contributed by atoms with Crippen LogP contribution in [-0.2, 0) is 6.42 Å². The number of carbonyl (C=O) groups excluding carboxylic acids is 1. The summed E-state index contributed by atoms with van der Waals surface area (Å²) in [7, 11) is 0. The van der Waals surface area contributed by atoms with Crippen LogP contribution in [-0.4, -0.2) is 48.5 Å². The predicted molar refractivity (Wildman–Crippen MR) is 152 cm³/mol. The standard InChI is InChI=1S/C32H31BrN2O2/c33-28-16-17-30(37-23-18-25-10-4-1-5-11-25)29(24-28)32(36)35-21-19-34(20-22-35)31(26-12-6-2-7-13-26)27-14-8-3-9-15-27/h1-17,24,31H,18-23H2. The quantitative estimate of drug-likeness (QED) is 0.245. The van der Waals surface area contributed by atoms with Gasteiger partial charge in [-0.1, -0.05) is 107 Å². The van der Waals surface area contributed by atoms with Crippen molar-refractivity contribution in [2.24, 2.45) is 0 Å². The first-order chi connectivity index (χ1) is 18.2. The van der Waals surface area contributed by atoms with E-state index in [1.807, 2.05) is 41.3 Å². The van der Waals surface area contributed by atoms with Gasteiger partial charge >= 0.3 is 0 Å². The maximum Gasteiger partial charge on any atom is 0.257 e. The number of amides is 1. The second-order valence-electron chi connectivity index (χ2n) is 9.28. The first-order valence-corrected chi connectivity index (χ1v) is 13.6. The number of benzene rings is 4. The second-order valence-corrected chi connectivity index (χ2v) is 10.2. The number of piperazine rings is 1. The van der Waals surface area contributed by atoms with E-state index in [4.69, 9.17) is 4.74 Å². The lowest BCUT2D eigenvalue weighted by molar-refractivity contribution is 0.0593. The maximum atomic E-state index is 13.6. The number of nitrogens with zero attached hydrogens (tertiary/aromatic N) is 2. The molecule has 4 aromatic carbocycles. The third-order valence-corrected chi connectivity index (χ3v) is 7.35. The van der Waals surface area contributed by atoms with Crippen molar-refractivity contribution in [3.8, 4) is 5.75 Å². The van der Waals surface area contributed by atoms with Gasteiger partial charge in [0.15, 0.2) is 0 Å². The van der Waals surface area contributed by atoms with Gasteiger partial charge in [0.05, 0.1) is 18.2 Å². The zero-order valence-corrected chi connectivity index (χ0v) is 22.4. The first kappa shape index (κ1) is 25.2. The van der Waals surface area contributed by atoms with Crippen molar-refractivity contribution in [2.75, 3.05) is 32.8 Å². The molecule has 0 aliphatic carbocycles. The predicted octanol–water partition coefficient (Wildman–Crippen LogP) is 6.62. The molecule has 0 atom stereocenters. The summed E-state index contributed by atoms with van der Waals surface area (Å²) >= 11 is 3.54. The van der Waals surface area contributed by atoms with E-state index < -0.39 is 0 Å². The van der Waals surface area contributed by atoms with Gasteiger partial charge in [0.1, 0.15) is 5.75 Å². The molecule has 1 heterocycles. The Balaban J connectivity index is 1.27. The van der Waals surface area contributed by atoms with Crippen molar-refractivity contribution in [1.29, 1.82) is 0 Å². The maximum absolute atomic E-state index is 13.6. The number of carbonyl (C=O) groups is 1. The molecular weight excluding hydrogens is 524 g/mol. The first-order valence-electron chi connectivity index (χ1n) is 12.8. The van der Waals surface area contributed by atoms with E-state index in [0.717, 1.165) is 24.0 Å². The number of ether oxygens (including phenoxy) is 1. The molecule has 0 N–H and O–H groups in total. The van der Waals surface area contributed by atoms with Gasteiger partial charge < -0.3 is 9.64 Å². The fourth-order valence-electron chi connectivity index (χ4n) is 4.96. The third-order valence-electron chi connectivity index (χ3n) is 6.86. The van der Waals surface area contributed by atoms with Crippen LogP contribution in [0.5, 0.6) is 5.75 Å². The van der Waals surface area contributed by atoms with Crippen molar-refractivity contribution in [3.63, 3.8) is 0 Å². The molecule has 0 aromatic heterocycles. The van der Waals surface area contributed by atoms with Gasteiger partial charge in [-0.15, -0.1) is 0 Å². The normalized spacial score (nSPS) is 14.1. The molecule has 4 aromatic rings. The Morgan fingerprint density at radius 1 is 0.757 bits per heavy atom. The van der Waals surface area contributed by atoms with Crippen LogP contribution in [0, 0.1) is 0 Å². The summed E-state index contributed by atoms with van der Waals surface area (Å²) in [6.07, 6.45) is 0.795. The van der Waals surface area contributed by atoms with Crippen LogP contribution < -0.4 is 4.74 Å². The van der Waals surface area contributed by atoms with E-state index >= 15 is 0 Å². The van der Waals surface area contributed by atoms with Gasteiger partial charge in [-0.25, -0.2) is 0 Å². The topological polar surface area (TPSA) is 32.8 Å². The Kier molecular flexibility index (Phi) is 8.34.